The van der Waals surface area contributed by atoms with E-state index in [0.29, 0.717) is 0 Å². The number of hydrogen-bond acceptors (Lipinski definition) is 2. The molecule has 3 rings (SSSR count). The molecule has 0 unspecified atom stereocenters. The van der Waals surface area contributed by atoms with Crippen LogP contribution in [0.3, 0.4) is 0 Å². The molecule has 0 aliphatic rings. The predicted molar refractivity (Wildman–Crippen MR) is 93.0 cm³/mol. The van der Waals surface area contributed by atoms with Gasteiger partial charge in [-0.15, -0.1) is 11.3 Å². The normalized spacial score (nSPS) is 10.9. The maximum atomic E-state index is 6.46. The first kappa shape index (κ1) is 13.9. The molecule has 3 aromatic rings. The van der Waals surface area contributed by atoms with Crippen molar-refractivity contribution in [2.45, 2.75) is 13.5 Å². The van der Waals surface area contributed by atoms with E-state index in [1.165, 1.54) is 15.1 Å². The second-order valence-corrected chi connectivity index (χ2v) is 6.97. The van der Waals surface area contributed by atoms with Crippen molar-refractivity contribution >= 4 is 54.6 Å². The van der Waals surface area contributed by atoms with Crippen LogP contribution in [0, 0.1) is 6.92 Å². The fourth-order valence-corrected chi connectivity index (χ4v) is 3.96. The molecule has 0 atom stereocenters. The van der Waals surface area contributed by atoms with Gasteiger partial charge in [-0.05, 0) is 30.7 Å². The first-order chi connectivity index (χ1) is 9.66. The molecule has 0 bridgehead atoms. The van der Waals surface area contributed by atoms with Gasteiger partial charge in [0.25, 0.3) is 0 Å². The predicted octanol–water partition coefficient (Wildman–Crippen LogP) is 6.24. The van der Waals surface area contributed by atoms with Gasteiger partial charge in [0.1, 0.15) is 0 Å². The lowest BCUT2D eigenvalue weighted by molar-refractivity contribution is 1.18. The number of rotatable bonds is 3. The van der Waals surface area contributed by atoms with Crippen LogP contribution in [0.5, 0.6) is 0 Å². The van der Waals surface area contributed by atoms with Crippen LogP contribution in [0.25, 0.3) is 10.1 Å². The second-order valence-electron chi connectivity index (χ2n) is 4.60. The highest BCUT2D eigenvalue weighted by Gasteiger charge is 2.10. The Morgan fingerprint density at radius 2 is 1.95 bits per heavy atom. The minimum absolute atomic E-state index is 0.746. The molecule has 0 fully saturated rings. The average Bonchev–Trinajstić information content (AvgIpc) is 2.78. The molecule has 1 heterocycles. The van der Waals surface area contributed by atoms with Crippen LogP contribution in [0.15, 0.2) is 46.9 Å². The molecule has 0 aliphatic carbocycles. The van der Waals surface area contributed by atoms with Gasteiger partial charge in [-0.25, -0.2) is 0 Å². The van der Waals surface area contributed by atoms with E-state index in [1.54, 1.807) is 11.3 Å². The van der Waals surface area contributed by atoms with Gasteiger partial charge in [-0.2, -0.15) is 0 Å². The average molecular weight is 367 g/mol. The van der Waals surface area contributed by atoms with E-state index < -0.39 is 0 Å². The lowest BCUT2D eigenvalue weighted by Crippen LogP contribution is -2.00. The Labute approximate surface area is 135 Å². The van der Waals surface area contributed by atoms with Crippen molar-refractivity contribution in [1.82, 2.24) is 0 Å². The van der Waals surface area contributed by atoms with Gasteiger partial charge in [-0.1, -0.05) is 51.8 Å². The van der Waals surface area contributed by atoms with Crippen LogP contribution in [0.2, 0.25) is 5.02 Å². The summed E-state index contributed by atoms with van der Waals surface area (Å²) in [6.07, 6.45) is 0. The van der Waals surface area contributed by atoms with Crippen LogP contribution in [-0.2, 0) is 6.54 Å². The molecule has 0 amide bonds. The lowest BCUT2D eigenvalue weighted by Gasteiger charge is -2.10. The molecule has 0 spiro atoms. The van der Waals surface area contributed by atoms with E-state index in [2.05, 4.69) is 46.4 Å². The zero-order chi connectivity index (χ0) is 14.1. The highest BCUT2D eigenvalue weighted by atomic mass is 79.9. The summed E-state index contributed by atoms with van der Waals surface area (Å²) in [5.74, 6) is 0. The summed E-state index contributed by atoms with van der Waals surface area (Å²) in [6, 6.07) is 14.4. The zero-order valence-corrected chi connectivity index (χ0v) is 14.1. The zero-order valence-electron chi connectivity index (χ0n) is 10.9. The summed E-state index contributed by atoms with van der Waals surface area (Å²) < 4.78 is 2.35. The van der Waals surface area contributed by atoms with E-state index in [9.17, 15) is 0 Å². The Hall–Kier alpha value is -1.03. The van der Waals surface area contributed by atoms with Gasteiger partial charge in [0.2, 0.25) is 0 Å². The second kappa shape index (κ2) is 5.76. The van der Waals surface area contributed by atoms with Crippen molar-refractivity contribution in [2.24, 2.45) is 0 Å². The molecule has 0 radical (unpaired) electrons. The molecule has 1 aromatic heterocycles. The van der Waals surface area contributed by atoms with Crippen molar-refractivity contribution in [3.63, 3.8) is 0 Å². The van der Waals surface area contributed by atoms with Gasteiger partial charge in [0, 0.05) is 25.1 Å². The highest BCUT2D eigenvalue weighted by molar-refractivity contribution is 9.10. The summed E-state index contributed by atoms with van der Waals surface area (Å²) >= 11 is 11.8. The van der Waals surface area contributed by atoms with Crippen LogP contribution in [-0.4, -0.2) is 0 Å². The smallest absolute Gasteiger partial charge is 0.0642 e. The maximum absolute atomic E-state index is 6.46. The van der Waals surface area contributed by atoms with E-state index in [-0.39, 0.29) is 0 Å². The first-order valence-electron chi connectivity index (χ1n) is 6.31. The molecule has 1 nitrogen and oxygen atoms in total. The van der Waals surface area contributed by atoms with Crippen LogP contribution < -0.4 is 5.32 Å². The summed E-state index contributed by atoms with van der Waals surface area (Å²) in [4.78, 5) is 1.17. The summed E-state index contributed by atoms with van der Waals surface area (Å²) in [5.41, 5.74) is 2.35. The maximum Gasteiger partial charge on any atom is 0.0642 e. The summed E-state index contributed by atoms with van der Waals surface area (Å²) in [6.45, 7) is 2.84. The van der Waals surface area contributed by atoms with E-state index in [0.717, 1.165) is 27.1 Å². The number of benzene rings is 2. The Morgan fingerprint density at radius 3 is 2.75 bits per heavy atom. The third-order valence-electron chi connectivity index (χ3n) is 3.31. The van der Waals surface area contributed by atoms with Crippen molar-refractivity contribution in [3.05, 3.63) is 62.4 Å². The Kier molecular flexibility index (Phi) is 4.01. The number of hydrogen-bond donors (Lipinski definition) is 1. The number of anilines is 1. The van der Waals surface area contributed by atoms with E-state index >= 15 is 0 Å². The largest absolute Gasteiger partial charge is 0.380 e. The fraction of sp³-hybridized carbons (Fsp3) is 0.125. The number of nitrogens with one attached hydrogen (secondary N) is 1. The minimum atomic E-state index is 0.746. The standard InChI is InChI=1S/C16H13BrClNS/c1-10-12(17)6-4-7-13(10)19-9-15-16(18)11-5-2-3-8-14(11)20-15/h2-8,19H,9H2,1H3. The Balaban J connectivity index is 1.87. The van der Waals surface area contributed by atoms with Gasteiger partial charge >= 0.3 is 0 Å². The van der Waals surface area contributed by atoms with Gasteiger partial charge in [0.05, 0.1) is 11.6 Å². The lowest BCUT2D eigenvalue weighted by atomic mass is 10.2. The van der Waals surface area contributed by atoms with Crippen LogP contribution in [0.1, 0.15) is 10.4 Å². The van der Waals surface area contributed by atoms with Gasteiger partial charge < -0.3 is 5.32 Å². The first-order valence-corrected chi connectivity index (χ1v) is 8.30. The topological polar surface area (TPSA) is 12.0 Å². The quantitative estimate of drug-likeness (QED) is 0.578. The minimum Gasteiger partial charge on any atom is -0.380 e. The van der Waals surface area contributed by atoms with E-state index in [4.69, 9.17) is 11.6 Å². The highest BCUT2D eigenvalue weighted by Crippen LogP contribution is 2.35. The molecule has 0 saturated carbocycles. The van der Waals surface area contributed by atoms with Crippen molar-refractivity contribution in [1.29, 1.82) is 0 Å². The molecule has 1 N–H and O–H groups in total. The SMILES string of the molecule is Cc1c(Br)cccc1NCc1sc2ccccc2c1Cl. The molecule has 20 heavy (non-hydrogen) atoms. The summed E-state index contributed by atoms with van der Waals surface area (Å²) in [7, 11) is 0. The summed E-state index contributed by atoms with van der Waals surface area (Å²) in [5, 5.41) is 5.47. The molecule has 0 aliphatic heterocycles. The van der Waals surface area contributed by atoms with Gasteiger partial charge in [0.15, 0.2) is 0 Å². The van der Waals surface area contributed by atoms with Crippen LogP contribution >= 0.6 is 38.9 Å². The van der Waals surface area contributed by atoms with Gasteiger partial charge in [-0.3, -0.25) is 0 Å². The molecule has 0 saturated heterocycles. The monoisotopic (exact) mass is 365 g/mol. The van der Waals surface area contributed by atoms with E-state index in [1.807, 2.05) is 24.3 Å². The molecular formula is C16H13BrClNS. The van der Waals surface area contributed by atoms with Crippen molar-refractivity contribution in [2.75, 3.05) is 5.32 Å². The van der Waals surface area contributed by atoms with Crippen molar-refractivity contribution in [3.8, 4) is 0 Å². The van der Waals surface area contributed by atoms with Crippen molar-refractivity contribution < 1.29 is 0 Å². The molecule has 102 valence electrons. The number of halogens is 2. The molecule has 2 aromatic carbocycles. The Bertz CT molecular complexity index is 766. The number of fused-ring (bicyclic) bond motifs is 1. The van der Waals surface area contributed by atoms with Crippen LogP contribution in [0.4, 0.5) is 5.69 Å². The third-order valence-corrected chi connectivity index (χ3v) is 5.88. The Morgan fingerprint density at radius 1 is 1.15 bits per heavy atom. The molecule has 4 heteroatoms. The number of thiophene rings is 1. The third kappa shape index (κ3) is 2.58. The molecular weight excluding hydrogens is 354 g/mol. The fourth-order valence-electron chi connectivity index (χ4n) is 2.15.